The summed E-state index contributed by atoms with van der Waals surface area (Å²) in [6.45, 7) is 5.78. The Morgan fingerprint density at radius 1 is 1.25 bits per heavy atom. The monoisotopic (exact) mass is 261 g/mol. The number of halogens is 2. The van der Waals surface area contributed by atoms with Gasteiger partial charge in [-0.2, -0.15) is 0 Å². The van der Waals surface area contributed by atoms with Crippen molar-refractivity contribution in [1.29, 1.82) is 0 Å². The van der Waals surface area contributed by atoms with Crippen molar-refractivity contribution in [1.82, 2.24) is 0 Å². The Kier molecular flexibility index (Phi) is 4.24. The van der Waals surface area contributed by atoms with Crippen molar-refractivity contribution in [3.63, 3.8) is 0 Å². The zero-order valence-electron chi connectivity index (χ0n) is 9.67. The molecule has 0 aromatic heterocycles. The third-order valence-corrected chi connectivity index (χ3v) is 3.40. The molecule has 1 rings (SSSR count). The number of hydrogen-bond acceptors (Lipinski definition) is 2. The SMILES string of the molecule is CC(C)(C)[C@H](O)[C@H](N)c1cccc(Cl)c1Cl. The highest BCUT2D eigenvalue weighted by molar-refractivity contribution is 6.42. The molecule has 1 aromatic carbocycles. The fourth-order valence-electron chi connectivity index (χ4n) is 1.49. The maximum absolute atomic E-state index is 10.1. The quantitative estimate of drug-likeness (QED) is 0.858. The molecule has 2 nitrogen and oxygen atoms in total. The molecular weight excluding hydrogens is 245 g/mol. The predicted octanol–water partition coefficient (Wildman–Crippen LogP) is 3.40. The molecule has 0 aliphatic carbocycles. The van der Waals surface area contributed by atoms with Crippen molar-refractivity contribution in [2.24, 2.45) is 11.1 Å². The Hall–Kier alpha value is -0.280. The van der Waals surface area contributed by atoms with E-state index in [9.17, 15) is 5.11 Å². The molecule has 1 aromatic rings. The van der Waals surface area contributed by atoms with Gasteiger partial charge in [-0.15, -0.1) is 0 Å². The molecule has 90 valence electrons. The van der Waals surface area contributed by atoms with Crippen LogP contribution in [0, 0.1) is 5.41 Å². The van der Waals surface area contributed by atoms with Gasteiger partial charge in [0.1, 0.15) is 0 Å². The smallest absolute Gasteiger partial charge is 0.0781 e. The molecule has 0 aliphatic heterocycles. The molecule has 0 amide bonds. The standard InChI is InChI=1S/C12H17Cl2NO/c1-12(2,3)11(16)10(15)7-5-4-6-8(13)9(7)14/h4-6,10-11,16H,15H2,1-3H3/t10-,11-/m1/s1. The molecule has 0 saturated carbocycles. The molecule has 0 bridgehead atoms. The molecule has 0 saturated heterocycles. The topological polar surface area (TPSA) is 46.2 Å². The average molecular weight is 262 g/mol. The largest absolute Gasteiger partial charge is 0.391 e. The van der Waals surface area contributed by atoms with Crippen LogP contribution < -0.4 is 5.73 Å². The third-order valence-electron chi connectivity index (χ3n) is 2.57. The lowest BCUT2D eigenvalue weighted by atomic mass is 9.82. The van der Waals surface area contributed by atoms with E-state index in [2.05, 4.69) is 0 Å². The number of benzene rings is 1. The van der Waals surface area contributed by atoms with Crippen LogP contribution in [0.5, 0.6) is 0 Å². The van der Waals surface area contributed by atoms with Crippen LogP contribution in [0.3, 0.4) is 0 Å². The van der Waals surface area contributed by atoms with Gasteiger partial charge in [-0.25, -0.2) is 0 Å². The van der Waals surface area contributed by atoms with Crippen molar-refractivity contribution in [2.45, 2.75) is 32.9 Å². The van der Waals surface area contributed by atoms with E-state index in [0.717, 1.165) is 0 Å². The summed E-state index contributed by atoms with van der Waals surface area (Å²) in [5.74, 6) is 0. The Morgan fingerprint density at radius 2 is 1.81 bits per heavy atom. The minimum absolute atomic E-state index is 0.301. The number of nitrogens with two attached hydrogens (primary N) is 1. The highest BCUT2D eigenvalue weighted by atomic mass is 35.5. The first-order chi connectivity index (χ1) is 7.25. The van der Waals surface area contributed by atoms with Gasteiger partial charge in [-0.1, -0.05) is 56.1 Å². The zero-order valence-corrected chi connectivity index (χ0v) is 11.2. The number of hydrogen-bond donors (Lipinski definition) is 2. The Balaban J connectivity index is 3.06. The molecule has 2 atom stereocenters. The molecule has 16 heavy (non-hydrogen) atoms. The summed E-state index contributed by atoms with van der Waals surface area (Å²) in [5.41, 5.74) is 6.38. The minimum atomic E-state index is -0.677. The van der Waals surface area contributed by atoms with Crippen LogP contribution in [0.25, 0.3) is 0 Å². The van der Waals surface area contributed by atoms with E-state index in [4.69, 9.17) is 28.9 Å². The highest BCUT2D eigenvalue weighted by Gasteiger charge is 2.30. The van der Waals surface area contributed by atoms with Crippen LogP contribution in [0.4, 0.5) is 0 Å². The van der Waals surface area contributed by atoms with Crippen LogP contribution >= 0.6 is 23.2 Å². The average Bonchev–Trinajstić information content (AvgIpc) is 2.18. The second-order valence-corrected chi connectivity index (χ2v) is 5.76. The van der Waals surface area contributed by atoms with Crippen molar-refractivity contribution in [3.8, 4) is 0 Å². The summed E-state index contributed by atoms with van der Waals surface area (Å²) in [6.07, 6.45) is -0.677. The minimum Gasteiger partial charge on any atom is -0.391 e. The number of rotatable bonds is 2. The normalized spacial score (nSPS) is 15.9. The van der Waals surface area contributed by atoms with E-state index >= 15 is 0 Å². The van der Waals surface area contributed by atoms with Gasteiger partial charge in [0.2, 0.25) is 0 Å². The zero-order chi connectivity index (χ0) is 12.5. The van der Waals surface area contributed by atoms with Crippen molar-refractivity contribution in [3.05, 3.63) is 33.8 Å². The van der Waals surface area contributed by atoms with Crippen molar-refractivity contribution < 1.29 is 5.11 Å². The van der Waals surface area contributed by atoms with E-state index in [1.807, 2.05) is 20.8 Å². The van der Waals surface area contributed by atoms with E-state index < -0.39 is 12.1 Å². The van der Waals surface area contributed by atoms with Crippen LogP contribution in [-0.4, -0.2) is 11.2 Å². The van der Waals surface area contributed by atoms with Gasteiger partial charge in [0, 0.05) is 0 Å². The number of aliphatic hydroxyl groups excluding tert-OH is 1. The Morgan fingerprint density at radius 3 is 2.31 bits per heavy atom. The first kappa shape index (κ1) is 13.8. The van der Waals surface area contributed by atoms with Crippen molar-refractivity contribution in [2.75, 3.05) is 0 Å². The third kappa shape index (κ3) is 2.89. The maximum Gasteiger partial charge on any atom is 0.0781 e. The molecular formula is C12H17Cl2NO. The Bertz CT molecular complexity index is 374. The summed E-state index contributed by atoms with van der Waals surface area (Å²) >= 11 is 12.0. The molecule has 3 N–H and O–H groups in total. The lowest BCUT2D eigenvalue weighted by Crippen LogP contribution is -2.37. The summed E-state index contributed by atoms with van der Waals surface area (Å²) < 4.78 is 0. The second kappa shape index (κ2) is 4.92. The van der Waals surface area contributed by atoms with Crippen LogP contribution in [0.2, 0.25) is 10.0 Å². The molecule has 0 radical (unpaired) electrons. The molecule has 0 spiro atoms. The lowest BCUT2D eigenvalue weighted by Gasteiger charge is -2.31. The van der Waals surface area contributed by atoms with Gasteiger partial charge in [-0.3, -0.25) is 0 Å². The summed E-state index contributed by atoms with van der Waals surface area (Å²) in [6, 6.07) is 4.72. The summed E-state index contributed by atoms with van der Waals surface area (Å²) in [5, 5.41) is 11.0. The van der Waals surface area contributed by atoms with Gasteiger partial charge >= 0.3 is 0 Å². The van der Waals surface area contributed by atoms with Gasteiger partial charge in [-0.05, 0) is 17.0 Å². The molecule has 0 aliphatic rings. The van der Waals surface area contributed by atoms with E-state index in [1.165, 1.54) is 0 Å². The van der Waals surface area contributed by atoms with Crippen LogP contribution in [0.1, 0.15) is 32.4 Å². The molecule has 0 fully saturated rings. The molecule has 4 heteroatoms. The van der Waals surface area contributed by atoms with Gasteiger partial charge < -0.3 is 10.8 Å². The first-order valence-corrected chi connectivity index (χ1v) is 5.88. The van der Waals surface area contributed by atoms with Gasteiger partial charge in [0.25, 0.3) is 0 Å². The van der Waals surface area contributed by atoms with Crippen molar-refractivity contribution >= 4 is 23.2 Å². The fourth-order valence-corrected chi connectivity index (χ4v) is 1.92. The maximum atomic E-state index is 10.1. The molecule has 0 unspecified atom stereocenters. The fraction of sp³-hybridized carbons (Fsp3) is 0.500. The second-order valence-electron chi connectivity index (χ2n) is 4.98. The Labute approximate surface area is 106 Å². The number of aliphatic hydroxyl groups is 1. The van der Waals surface area contributed by atoms with E-state index in [0.29, 0.717) is 15.6 Å². The summed E-state index contributed by atoms with van der Waals surface area (Å²) in [7, 11) is 0. The van der Waals surface area contributed by atoms with E-state index in [1.54, 1.807) is 18.2 Å². The van der Waals surface area contributed by atoms with Crippen LogP contribution in [0.15, 0.2) is 18.2 Å². The first-order valence-electron chi connectivity index (χ1n) is 5.12. The summed E-state index contributed by atoms with van der Waals surface area (Å²) in [4.78, 5) is 0. The predicted molar refractivity (Wildman–Crippen MR) is 68.9 cm³/mol. The van der Waals surface area contributed by atoms with E-state index in [-0.39, 0.29) is 5.41 Å². The lowest BCUT2D eigenvalue weighted by molar-refractivity contribution is 0.0401. The highest BCUT2D eigenvalue weighted by Crippen LogP contribution is 2.34. The van der Waals surface area contributed by atoms with Crippen LogP contribution in [-0.2, 0) is 0 Å². The van der Waals surface area contributed by atoms with Gasteiger partial charge in [0.05, 0.1) is 22.2 Å². The van der Waals surface area contributed by atoms with Gasteiger partial charge in [0.15, 0.2) is 0 Å². The molecule has 0 heterocycles.